The minimum atomic E-state index is -0.677. The first-order valence-electron chi connectivity index (χ1n) is 36.1. The van der Waals surface area contributed by atoms with E-state index in [0.717, 1.165) is 72.7 Å². The number of nitrogens with one attached hydrogen (secondary N) is 6. The molecular weight excluding hydrogens is 1900 g/mol. The molecule has 6 heterocycles. The summed E-state index contributed by atoms with van der Waals surface area (Å²) in [5.74, 6) is -3.47. The fourth-order valence-electron chi connectivity index (χ4n) is 9.23. The van der Waals surface area contributed by atoms with E-state index in [1.807, 2.05) is 0 Å². The van der Waals surface area contributed by atoms with Gasteiger partial charge in [-0.2, -0.15) is 30.6 Å². The summed E-state index contributed by atoms with van der Waals surface area (Å²) in [5, 5.41) is 134. The predicted molar refractivity (Wildman–Crippen MR) is 482 cm³/mol. The van der Waals surface area contributed by atoms with Crippen LogP contribution in [0, 0.1) is 67.6 Å². The van der Waals surface area contributed by atoms with Crippen molar-refractivity contribution in [3.05, 3.63) is 378 Å². The smallest absolute Gasteiger partial charge is 0.289 e. The van der Waals surface area contributed by atoms with Crippen molar-refractivity contribution in [2.24, 2.45) is 30.6 Å². The van der Waals surface area contributed by atoms with Crippen LogP contribution in [0.3, 0.4) is 0 Å². The number of methoxy groups -OCH3 is 1. The van der Waals surface area contributed by atoms with Crippen LogP contribution >= 0.6 is 62.3 Å². The van der Waals surface area contributed by atoms with Gasteiger partial charge in [-0.15, -0.1) is 0 Å². The molecule has 0 aliphatic rings. The first-order chi connectivity index (χ1) is 63.4. The number of benzene rings is 6. The molecule has 0 unspecified atom stereocenters. The Morgan fingerprint density at radius 3 is 1.02 bits per heavy atom. The first kappa shape index (κ1) is 102. The van der Waals surface area contributed by atoms with Crippen LogP contribution in [0.5, 0.6) is 34.5 Å². The largest absolute Gasteiger partial charge is 0.507 e. The van der Waals surface area contributed by atoms with Gasteiger partial charge in [-0.1, -0.05) is 98.7 Å². The summed E-state index contributed by atoms with van der Waals surface area (Å²) in [6, 6.07) is 43.1. The lowest BCUT2D eigenvalue weighted by Crippen LogP contribution is -2.19. The molecule has 0 fully saturated rings. The number of aromatic hydroxyl groups is 5. The van der Waals surface area contributed by atoms with Crippen molar-refractivity contribution in [2.75, 3.05) is 7.11 Å². The Morgan fingerprint density at radius 1 is 0.346 bits per heavy atom. The van der Waals surface area contributed by atoms with E-state index < -0.39 is 65.0 Å². The number of phenols is 5. The molecule has 11 N–H and O–H groups in total. The molecule has 12 aromatic rings. The van der Waals surface area contributed by atoms with Crippen molar-refractivity contribution >= 4 is 169 Å². The second-order valence-corrected chi connectivity index (χ2v) is 27.4. The number of pyridine rings is 6. The maximum Gasteiger partial charge on any atom is 0.289 e. The van der Waals surface area contributed by atoms with Crippen LogP contribution in [0.25, 0.3) is 0 Å². The SMILES string of the molecule is COc1cccc(C=NNC(=O)c2ccc([N+](=O)[O-])cn2)c1.Cc1cccc(O)c1C=NNC(=O)c1ccc([N+](=O)[O-])cn1.O=C(NN=Cc1cc(Br)cc(Cl)c1O)c1ccc([N+](=O)[O-])cn1.O=C(NN=Cc1cc(Cl)cc(Cl)c1O)c1ccc([N+](=O)[O-])cn1.O=C(NN=Cc1cc(Cl)ccc1O)c1ccc([N+](=O)[O-])cn1.O=C(NN=Cc1ccccc1O)c1ccc([N+](=O)[O-])cn1. The number of rotatable bonds is 25. The average Bonchev–Trinajstić information content (AvgIpc) is 0.806. The molecule has 0 saturated heterocycles. The Balaban J connectivity index is 0.000000218. The number of ether oxygens (including phenoxy) is 1. The zero-order valence-electron chi connectivity index (χ0n) is 67.2. The fraction of sp³-hybridized carbons (Fsp3) is 0.0250. The molecule has 0 aliphatic heterocycles. The molecule has 6 aromatic heterocycles. The molecule has 6 amide bonds. The lowest BCUT2D eigenvalue weighted by Gasteiger charge is -2.03. The van der Waals surface area contributed by atoms with Gasteiger partial charge in [0.15, 0.2) is 0 Å². The molecule has 0 atom stereocenters. The van der Waals surface area contributed by atoms with E-state index in [9.17, 15) is 115 Å². The lowest BCUT2D eigenvalue weighted by molar-refractivity contribution is -0.385. The summed E-state index contributed by atoms with van der Waals surface area (Å²) < 4.78 is 5.70. The summed E-state index contributed by atoms with van der Waals surface area (Å²) in [6.45, 7) is 1.79. The van der Waals surface area contributed by atoms with Gasteiger partial charge in [0.05, 0.1) is 84.0 Å². The lowest BCUT2D eigenvalue weighted by atomic mass is 10.1. The van der Waals surface area contributed by atoms with Gasteiger partial charge in [-0.3, -0.25) is 89.5 Å². The highest BCUT2D eigenvalue weighted by Crippen LogP contribution is 2.32. The summed E-state index contributed by atoms with van der Waals surface area (Å²) >= 11 is 26.3. The molecular formula is C80H59BrCl4N24O24. The number of phenolic OH excluding ortho intramolecular Hbond substituents is 5. The van der Waals surface area contributed by atoms with Crippen molar-refractivity contribution < 1.29 is 88.6 Å². The van der Waals surface area contributed by atoms with E-state index in [-0.39, 0.29) is 118 Å². The molecule has 133 heavy (non-hydrogen) atoms. The monoisotopic (exact) mass is 1960 g/mol. The van der Waals surface area contributed by atoms with E-state index in [1.165, 1.54) is 134 Å². The first-order valence-corrected chi connectivity index (χ1v) is 38.4. The second kappa shape index (κ2) is 50.9. The van der Waals surface area contributed by atoms with E-state index in [0.29, 0.717) is 37.5 Å². The van der Waals surface area contributed by atoms with Crippen LogP contribution in [0.2, 0.25) is 20.1 Å². The molecule has 0 spiro atoms. The van der Waals surface area contributed by atoms with Crippen molar-refractivity contribution in [2.45, 2.75) is 6.92 Å². The van der Waals surface area contributed by atoms with Crippen molar-refractivity contribution in [3.63, 3.8) is 0 Å². The third-order valence-corrected chi connectivity index (χ3v) is 17.3. The Morgan fingerprint density at radius 2 is 0.662 bits per heavy atom. The normalized spacial score (nSPS) is 10.6. The zero-order valence-corrected chi connectivity index (χ0v) is 71.8. The fourth-order valence-corrected chi connectivity index (χ4v) is 10.7. The number of aryl methyl sites for hydroxylation is 1. The quantitative estimate of drug-likeness (QED) is 0.0144. The minimum absolute atomic E-state index is 0.00300. The van der Waals surface area contributed by atoms with Crippen molar-refractivity contribution in [1.29, 1.82) is 0 Å². The molecule has 53 heteroatoms. The molecule has 678 valence electrons. The van der Waals surface area contributed by atoms with E-state index >= 15 is 0 Å². The standard InChI is InChI=1S/2C14H12N4O4.C13H8BrClN4O4.C13H8Cl2N4O4.C13H9ClN4O4.C13H10N4O4/c1-22-12-4-2-3-10(7-12)8-16-17-14(19)13-6-5-11(9-15-13)18(20)21;1-9-3-2-4-13(19)11(9)8-16-17-14(20)12-6-5-10(7-15-12)18(21)22;2*14-8-3-7(12(20)10(15)4-8)5-17-18-13(21)11-2-1-9(6-16-11)19(22)23;14-9-1-4-12(19)8(5-9)6-16-17-13(20)11-3-2-10(7-15-11)18(21)22;18-12-4-2-1-3-9(12)7-15-16-13(19)11-6-5-10(8-14-11)17(20)21/h2-9H,1H3,(H,17,19);2-8,19H,1H3,(H,17,20);2*1-6,20H,(H,18,21);1-7,19H,(H,17,20);1-8,18H,(H,16,19). The molecule has 0 radical (unpaired) electrons. The van der Waals surface area contributed by atoms with Gasteiger partial charge in [0.2, 0.25) is 0 Å². The average molecular weight is 1960 g/mol. The van der Waals surface area contributed by atoms with Gasteiger partial charge in [0.1, 0.15) is 106 Å². The van der Waals surface area contributed by atoms with Gasteiger partial charge >= 0.3 is 0 Å². The number of aromatic nitrogens is 6. The van der Waals surface area contributed by atoms with Crippen LogP contribution < -0.4 is 37.3 Å². The molecule has 0 aliphatic carbocycles. The number of nitrogens with zero attached hydrogens (tertiary/aromatic N) is 18. The third-order valence-electron chi connectivity index (χ3n) is 15.8. The maximum absolute atomic E-state index is 11.8. The van der Waals surface area contributed by atoms with Gasteiger partial charge in [-0.25, -0.2) is 62.5 Å². The Hall–Kier alpha value is -18.1. The van der Waals surface area contributed by atoms with Crippen LogP contribution in [-0.4, -0.2) is 165 Å². The number of nitro groups is 6. The summed E-state index contributed by atoms with van der Waals surface area (Å²) in [5.41, 5.74) is 15.2. The molecule has 0 saturated carbocycles. The van der Waals surface area contributed by atoms with Gasteiger partial charge in [0.25, 0.3) is 69.6 Å². The topological polar surface area (TPSA) is 695 Å². The zero-order chi connectivity index (χ0) is 97.4. The molecule has 48 nitrogen and oxygen atoms in total. The number of carbonyl (C=O) groups is 6. The molecule has 0 bridgehead atoms. The van der Waals surface area contributed by atoms with Crippen LogP contribution in [0.4, 0.5) is 34.1 Å². The third kappa shape index (κ3) is 33.0. The number of hydrogen-bond donors (Lipinski definition) is 11. The second-order valence-electron chi connectivity index (χ2n) is 24.8. The Labute approximate surface area is 772 Å². The van der Waals surface area contributed by atoms with E-state index in [2.05, 4.69) is 109 Å². The number of halogens is 5. The number of carbonyl (C=O) groups excluding carboxylic acids is 6. The minimum Gasteiger partial charge on any atom is -0.507 e. The number of hydrogen-bond acceptors (Lipinski definition) is 36. The highest BCUT2D eigenvalue weighted by atomic mass is 79.9. The summed E-state index contributed by atoms with van der Waals surface area (Å²) in [6.07, 6.45) is 13.5. The van der Waals surface area contributed by atoms with Crippen molar-refractivity contribution in [1.82, 2.24) is 62.5 Å². The van der Waals surface area contributed by atoms with Gasteiger partial charge < -0.3 is 30.3 Å². The molecule has 12 rings (SSSR count). The highest BCUT2D eigenvalue weighted by molar-refractivity contribution is 9.10. The number of amides is 6. The Bertz CT molecular complexity index is 6340. The van der Waals surface area contributed by atoms with E-state index in [1.54, 1.807) is 74.7 Å². The summed E-state index contributed by atoms with van der Waals surface area (Å²) in [4.78, 5) is 152. The van der Waals surface area contributed by atoms with Crippen LogP contribution in [0.1, 0.15) is 102 Å². The van der Waals surface area contributed by atoms with Crippen LogP contribution in [0.15, 0.2) is 254 Å². The molecule has 6 aromatic carbocycles. The predicted octanol–water partition coefficient (Wildman–Crippen LogP) is 12.7. The number of para-hydroxylation sites is 1. The van der Waals surface area contributed by atoms with Crippen LogP contribution in [-0.2, 0) is 0 Å². The maximum atomic E-state index is 11.8. The van der Waals surface area contributed by atoms with E-state index in [4.69, 9.17) is 51.1 Å². The number of hydrazone groups is 6. The van der Waals surface area contributed by atoms with Gasteiger partial charge in [-0.05, 0) is 127 Å². The van der Waals surface area contributed by atoms with Crippen molar-refractivity contribution in [3.8, 4) is 34.5 Å². The summed E-state index contributed by atoms with van der Waals surface area (Å²) in [7, 11) is 1.55. The van der Waals surface area contributed by atoms with Gasteiger partial charge in [0, 0.05) is 78.7 Å². The highest BCUT2D eigenvalue weighted by Gasteiger charge is 2.19. The Kier molecular flexibility index (Phi) is 39.0.